The zero-order valence-corrected chi connectivity index (χ0v) is 15.8. The van der Waals surface area contributed by atoms with Gasteiger partial charge >= 0.3 is 0 Å². The van der Waals surface area contributed by atoms with Crippen LogP contribution in [0.2, 0.25) is 0 Å². The number of nitro benzene ring substituents is 1. The molecule has 3 aromatic rings. The quantitative estimate of drug-likeness (QED) is 0.364. The molecular weight excluding hydrogens is 384 g/mol. The summed E-state index contributed by atoms with van der Waals surface area (Å²) in [7, 11) is 1.58. The van der Waals surface area contributed by atoms with Gasteiger partial charge in [-0.15, -0.1) is 5.10 Å². The molecule has 0 saturated carbocycles. The lowest BCUT2D eigenvalue weighted by Crippen LogP contribution is -2.22. The number of tetrazole rings is 1. The number of carbonyl (C=O) groups is 1. The van der Waals surface area contributed by atoms with E-state index in [0.717, 1.165) is 5.69 Å². The summed E-state index contributed by atoms with van der Waals surface area (Å²) in [5, 5.41) is 25.0. The number of ether oxygens (including phenoxy) is 1. The Morgan fingerprint density at radius 2 is 1.89 bits per heavy atom. The monoisotopic (exact) mass is 400 g/mol. The van der Waals surface area contributed by atoms with Crippen LogP contribution in [0.25, 0.3) is 5.69 Å². The Morgan fingerprint density at radius 3 is 2.50 bits per heavy atom. The first-order valence-corrected chi connectivity index (χ1v) is 9.00. The van der Waals surface area contributed by atoms with Crippen LogP contribution in [0, 0.1) is 10.1 Å². The number of carbonyl (C=O) groups excluding carboxylic acids is 1. The Morgan fingerprint density at radius 1 is 1.21 bits per heavy atom. The van der Waals surface area contributed by atoms with Gasteiger partial charge in [-0.3, -0.25) is 14.9 Å². The molecule has 11 heteroatoms. The second-order valence-corrected chi connectivity index (χ2v) is 6.93. The predicted molar refractivity (Wildman–Crippen MR) is 103 cm³/mol. The highest BCUT2D eigenvalue weighted by atomic mass is 32.2. The van der Waals surface area contributed by atoms with Crippen molar-refractivity contribution in [3.8, 4) is 11.4 Å². The van der Waals surface area contributed by atoms with Crippen LogP contribution in [0.3, 0.4) is 0 Å². The van der Waals surface area contributed by atoms with Crippen molar-refractivity contribution in [2.45, 2.75) is 17.3 Å². The molecule has 10 nitrogen and oxygen atoms in total. The summed E-state index contributed by atoms with van der Waals surface area (Å²) in [5.74, 6) is 0.435. The van der Waals surface area contributed by atoms with Crippen LogP contribution in [-0.4, -0.2) is 43.4 Å². The first kappa shape index (κ1) is 19.3. The number of aromatic nitrogens is 4. The van der Waals surface area contributed by atoms with Gasteiger partial charge in [-0.2, -0.15) is 4.68 Å². The second-order valence-electron chi connectivity index (χ2n) is 5.62. The molecule has 1 aromatic heterocycles. The lowest BCUT2D eigenvalue weighted by atomic mass is 10.3. The molecule has 0 radical (unpaired) electrons. The number of benzene rings is 2. The van der Waals surface area contributed by atoms with E-state index in [1.54, 1.807) is 38.3 Å². The third-order valence-electron chi connectivity index (χ3n) is 3.75. The predicted octanol–water partition coefficient (Wildman–Crippen LogP) is 2.70. The van der Waals surface area contributed by atoms with Gasteiger partial charge in [-0.05, 0) is 53.7 Å². The van der Waals surface area contributed by atoms with Crippen molar-refractivity contribution in [3.05, 3.63) is 58.6 Å². The molecular formula is C17H16N6O4S. The van der Waals surface area contributed by atoms with E-state index in [0.29, 0.717) is 16.6 Å². The highest BCUT2D eigenvalue weighted by molar-refractivity contribution is 8.00. The topological polar surface area (TPSA) is 125 Å². The summed E-state index contributed by atoms with van der Waals surface area (Å²) in [6.07, 6.45) is 0. The van der Waals surface area contributed by atoms with Gasteiger partial charge in [0.2, 0.25) is 11.1 Å². The number of amides is 1. The summed E-state index contributed by atoms with van der Waals surface area (Å²) in [5.41, 5.74) is 1.16. The third kappa shape index (κ3) is 4.43. The molecule has 28 heavy (non-hydrogen) atoms. The molecule has 1 unspecified atom stereocenters. The van der Waals surface area contributed by atoms with Gasteiger partial charge in [0, 0.05) is 17.8 Å². The fraction of sp³-hybridized carbons (Fsp3) is 0.176. The molecule has 0 aliphatic carbocycles. The van der Waals surface area contributed by atoms with E-state index in [1.165, 1.54) is 40.7 Å². The molecule has 0 fully saturated rings. The van der Waals surface area contributed by atoms with Gasteiger partial charge in [-0.1, -0.05) is 11.8 Å². The standard InChI is InChI=1S/C17H16N6O4S/c1-11(16(24)18-12-3-5-14(6-4-12)23(25)26)28-17-19-20-21-22(17)13-7-9-15(27-2)10-8-13/h3-11H,1-2H3,(H,18,24). The minimum absolute atomic E-state index is 0.0425. The van der Waals surface area contributed by atoms with Crippen LogP contribution in [0.5, 0.6) is 5.75 Å². The highest BCUT2D eigenvalue weighted by Crippen LogP contribution is 2.25. The van der Waals surface area contributed by atoms with Crippen molar-refractivity contribution in [1.82, 2.24) is 20.2 Å². The maximum absolute atomic E-state index is 12.4. The summed E-state index contributed by atoms with van der Waals surface area (Å²) in [6.45, 7) is 1.72. The fourth-order valence-corrected chi connectivity index (χ4v) is 3.07. The molecule has 0 spiro atoms. The maximum atomic E-state index is 12.4. The first-order chi connectivity index (χ1) is 13.5. The Labute approximate surface area is 164 Å². The number of methoxy groups -OCH3 is 1. The Bertz CT molecular complexity index is 974. The van der Waals surface area contributed by atoms with Gasteiger partial charge in [0.1, 0.15) is 5.75 Å². The second kappa shape index (κ2) is 8.48. The molecule has 0 bridgehead atoms. The van der Waals surface area contributed by atoms with Gasteiger partial charge in [-0.25, -0.2) is 0 Å². The number of non-ortho nitro benzene ring substituents is 1. The van der Waals surface area contributed by atoms with Crippen LogP contribution in [0.4, 0.5) is 11.4 Å². The SMILES string of the molecule is COc1ccc(-n2nnnc2SC(C)C(=O)Nc2ccc([N+](=O)[O-])cc2)cc1. The molecule has 0 saturated heterocycles. The van der Waals surface area contributed by atoms with Crippen LogP contribution in [-0.2, 0) is 4.79 Å². The lowest BCUT2D eigenvalue weighted by molar-refractivity contribution is -0.384. The minimum Gasteiger partial charge on any atom is -0.497 e. The van der Waals surface area contributed by atoms with Crippen molar-refractivity contribution < 1.29 is 14.5 Å². The van der Waals surface area contributed by atoms with Gasteiger partial charge in [0.15, 0.2) is 0 Å². The third-order valence-corrected chi connectivity index (χ3v) is 4.79. The highest BCUT2D eigenvalue weighted by Gasteiger charge is 2.19. The molecule has 3 rings (SSSR count). The Hall–Kier alpha value is -3.47. The molecule has 2 aromatic carbocycles. The normalized spacial score (nSPS) is 11.6. The number of anilines is 1. The van der Waals surface area contributed by atoms with Gasteiger partial charge < -0.3 is 10.1 Å². The summed E-state index contributed by atoms with van der Waals surface area (Å²) in [4.78, 5) is 22.6. The van der Waals surface area contributed by atoms with Crippen molar-refractivity contribution in [2.75, 3.05) is 12.4 Å². The zero-order chi connectivity index (χ0) is 20.1. The molecule has 0 aliphatic rings. The number of thioether (sulfide) groups is 1. The van der Waals surface area contributed by atoms with E-state index in [4.69, 9.17) is 4.74 Å². The molecule has 1 heterocycles. The summed E-state index contributed by atoms with van der Waals surface area (Å²) < 4.78 is 6.66. The van der Waals surface area contributed by atoms with Crippen LogP contribution in [0.1, 0.15) is 6.92 Å². The lowest BCUT2D eigenvalue weighted by Gasteiger charge is -2.12. The minimum atomic E-state index is -0.502. The summed E-state index contributed by atoms with van der Waals surface area (Å²) >= 11 is 1.19. The zero-order valence-electron chi connectivity index (χ0n) is 15.0. The Kier molecular flexibility index (Phi) is 5.84. The van der Waals surface area contributed by atoms with Gasteiger partial charge in [0.25, 0.3) is 5.69 Å². The molecule has 1 atom stereocenters. The average Bonchev–Trinajstić information content (AvgIpc) is 3.16. The number of nitro groups is 1. The summed E-state index contributed by atoms with van der Waals surface area (Å²) in [6, 6.07) is 12.8. The smallest absolute Gasteiger partial charge is 0.269 e. The van der Waals surface area contributed by atoms with E-state index in [1.807, 2.05) is 0 Å². The van der Waals surface area contributed by atoms with E-state index in [2.05, 4.69) is 20.8 Å². The van der Waals surface area contributed by atoms with E-state index in [-0.39, 0.29) is 11.6 Å². The number of rotatable bonds is 7. The number of nitrogens with one attached hydrogen (secondary N) is 1. The van der Waals surface area contributed by atoms with Crippen molar-refractivity contribution in [2.24, 2.45) is 0 Å². The van der Waals surface area contributed by atoms with Crippen LogP contribution >= 0.6 is 11.8 Å². The molecule has 0 aliphatic heterocycles. The number of nitrogens with zero attached hydrogens (tertiary/aromatic N) is 5. The van der Waals surface area contributed by atoms with Crippen molar-refractivity contribution in [1.29, 1.82) is 0 Å². The van der Waals surface area contributed by atoms with E-state index in [9.17, 15) is 14.9 Å². The van der Waals surface area contributed by atoms with E-state index < -0.39 is 10.2 Å². The largest absolute Gasteiger partial charge is 0.497 e. The van der Waals surface area contributed by atoms with Crippen molar-refractivity contribution >= 4 is 29.0 Å². The first-order valence-electron chi connectivity index (χ1n) is 8.12. The Balaban J connectivity index is 1.67. The number of hydrogen-bond donors (Lipinski definition) is 1. The van der Waals surface area contributed by atoms with Crippen molar-refractivity contribution in [3.63, 3.8) is 0 Å². The van der Waals surface area contributed by atoms with Crippen LogP contribution in [0.15, 0.2) is 53.7 Å². The molecule has 144 valence electrons. The number of hydrogen-bond acceptors (Lipinski definition) is 8. The van der Waals surface area contributed by atoms with Gasteiger partial charge in [0.05, 0.1) is 23.0 Å². The molecule has 1 N–H and O–H groups in total. The molecule has 1 amide bonds. The van der Waals surface area contributed by atoms with E-state index >= 15 is 0 Å². The average molecular weight is 400 g/mol. The fourth-order valence-electron chi connectivity index (χ4n) is 2.26. The van der Waals surface area contributed by atoms with Crippen LogP contribution < -0.4 is 10.1 Å². The maximum Gasteiger partial charge on any atom is 0.269 e.